The monoisotopic (exact) mass is 263 g/mol. The summed E-state index contributed by atoms with van der Waals surface area (Å²) in [6, 6.07) is 11.1. The van der Waals surface area contributed by atoms with E-state index in [0.29, 0.717) is 0 Å². The Hall–Kier alpha value is -1.09. The summed E-state index contributed by atoms with van der Waals surface area (Å²) >= 11 is 0. The molecule has 0 atom stereocenters. The van der Waals surface area contributed by atoms with E-state index in [2.05, 4.69) is 38.5 Å². The lowest BCUT2D eigenvalue weighted by atomic mass is 10.2. The molecule has 0 saturated carbocycles. The van der Waals surface area contributed by atoms with Gasteiger partial charge in [-0.1, -0.05) is 38.9 Å². The molecule has 3 heteroatoms. The van der Waals surface area contributed by atoms with Gasteiger partial charge >= 0.3 is 0 Å². The molecule has 1 aromatic heterocycles. The largest absolute Gasteiger partial charge is 0.352 e. The predicted octanol–water partition coefficient (Wildman–Crippen LogP) is 4.03. The van der Waals surface area contributed by atoms with Crippen molar-refractivity contribution >= 4 is 24.3 Å². The topological polar surface area (TPSA) is 4.93 Å². The zero-order chi connectivity index (χ0) is 13.3. The van der Waals surface area contributed by atoms with E-state index in [1.165, 1.54) is 23.4 Å². The van der Waals surface area contributed by atoms with Gasteiger partial charge in [0.05, 0.1) is 0 Å². The molecule has 1 aromatic carbocycles. The van der Waals surface area contributed by atoms with E-state index in [1.54, 1.807) is 12.1 Å². The molecule has 0 aliphatic heterocycles. The van der Waals surface area contributed by atoms with Crippen LogP contribution < -0.4 is 5.32 Å². The summed E-state index contributed by atoms with van der Waals surface area (Å²) in [4.78, 5) is 0. The molecule has 0 amide bonds. The Morgan fingerprint density at radius 2 is 1.67 bits per heavy atom. The SMILES string of the molecule is CC[Si](CC)(CC)c1cc2cc(F)ccc2n1C. The third kappa shape index (κ3) is 1.90. The van der Waals surface area contributed by atoms with Gasteiger partial charge in [-0.25, -0.2) is 4.39 Å². The Labute approximate surface area is 110 Å². The summed E-state index contributed by atoms with van der Waals surface area (Å²) < 4.78 is 15.6. The van der Waals surface area contributed by atoms with Gasteiger partial charge in [-0.05, 0) is 24.3 Å². The van der Waals surface area contributed by atoms with Crippen molar-refractivity contribution in [1.82, 2.24) is 4.57 Å². The zero-order valence-corrected chi connectivity index (χ0v) is 12.8. The van der Waals surface area contributed by atoms with Crippen molar-refractivity contribution < 1.29 is 4.39 Å². The lowest BCUT2D eigenvalue weighted by molar-refractivity contribution is 0.629. The molecule has 0 spiro atoms. The lowest BCUT2D eigenvalue weighted by Crippen LogP contribution is -2.48. The molecule has 0 bridgehead atoms. The first-order valence-electron chi connectivity index (χ1n) is 6.83. The molecular formula is C15H22FNSi. The Morgan fingerprint density at radius 3 is 2.22 bits per heavy atom. The highest BCUT2D eigenvalue weighted by atomic mass is 28.3. The first kappa shape index (κ1) is 13.3. The Kier molecular flexibility index (Phi) is 3.62. The average Bonchev–Trinajstić information content (AvgIpc) is 2.70. The summed E-state index contributed by atoms with van der Waals surface area (Å²) in [6.45, 7) is 6.91. The number of rotatable bonds is 4. The molecule has 98 valence electrons. The molecule has 0 radical (unpaired) electrons. The number of hydrogen-bond acceptors (Lipinski definition) is 0. The van der Waals surface area contributed by atoms with Crippen LogP contribution in [0.1, 0.15) is 20.8 Å². The van der Waals surface area contributed by atoms with Crippen LogP contribution >= 0.6 is 0 Å². The number of fused-ring (bicyclic) bond motifs is 1. The Morgan fingerprint density at radius 1 is 1.06 bits per heavy atom. The first-order chi connectivity index (χ1) is 8.57. The molecule has 1 heterocycles. The molecule has 0 fully saturated rings. The lowest BCUT2D eigenvalue weighted by Gasteiger charge is -2.28. The highest BCUT2D eigenvalue weighted by Crippen LogP contribution is 2.24. The zero-order valence-electron chi connectivity index (χ0n) is 11.8. The fraction of sp³-hybridized carbons (Fsp3) is 0.467. The number of hydrogen-bond donors (Lipinski definition) is 0. The molecule has 2 aromatic rings. The van der Waals surface area contributed by atoms with Crippen LogP contribution in [0.4, 0.5) is 4.39 Å². The Balaban J connectivity index is 2.67. The van der Waals surface area contributed by atoms with E-state index in [9.17, 15) is 4.39 Å². The van der Waals surface area contributed by atoms with Crippen molar-refractivity contribution in [1.29, 1.82) is 0 Å². The van der Waals surface area contributed by atoms with Gasteiger partial charge in [-0.2, -0.15) is 0 Å². The fourth-order valence-corrected chi connectivity index (χ4v) is 7.00. The van der Waals surface area contributed by atoms with Crippen LogP contribution in [0.3, 0.4) is 0 Å². The summed E-state index contributed by atoms with van der Waals surface area (Å²) in [6.07, 6.45) is 0. The molecule has 0 aliphatic carbocycles. The molecular weight excluding hydrogens is 241 g/mol. The van der Waals surface area contributed by atoms with Gasteiger partial charge < -0.3 is 4.57 Å². The maximum absolute atomic E-state index is 13.3. The number of benzene rings is 1. The van der Waals surface area contributed by atoms with E-state index >= 15 is 0 Å². The smallest absolute Gasteiger partial charge is 0.123 e. The highest BCUT2D eigenvalue weighted by Gasteiger charge is 2.32. The molecule has 0 aliphatic rings. The van der Waals surface area contributed by atoms with Crippen LogP contribution in [0.15, 0.2) is 24.3 Å². The van der Waals surface area contributed by atoms with Gasteiger partial charge in [0.15, 0.2) is 0 Å². The minimum Gasteiger partial charge on any atom is -0.352 e. The summed E-state index contributed by atoms with van der Waals surface area (Å²) in [5, 5.41) is 2.51. The second-order valence-electron chi connectivity index (χ2n) is 5.13. The van der Waals surface area contributed by atoms with Crippen molar-refractivity contribution in [2.45, 2.75) is 38.9 Å². The van der Waals surface area contributed by atoms with Crippen molar-refractivity contribution in [3.63, 3.8) is 0 Å². The van der Waals surface area contributed by atoms with Gasteiger partial charge in [-0.15, -0.1) is 0 Å². The highest BCUT2D eigenvalue weighted by molar-refractivity contribution is 6.91. The van der Waals surface area contributed by atoms with Crippen molar-refractivity contribution in [2.75, 3.05) is 0 Å². The second-order valence-corrected chi connectivity index (χ2v) is 10.3. The summed E-state index contributed by atoms with van der Waals surface area (Å²) in [5.74, 6) is -0.142. The maximum Gasteiger partial charge on any atom is 0.123 e. The van der Waals surface area contributed by atoms with Gasteiger partial charge in [0.2, 0.25) is 0 Å². The third-order valence-electron chi connectivity index (χ3n) is 4.58. The van der Waals surface area contributed by atoms with E-state index in [1.807, 2.05) is 6.07 Å². The van der Waals surface area contributed by atoms with Crippen LogP contribution in [0.5, 0.6) is 0 Å². The molecule has 2 rings (SSSR count). The summed E-state index contributed by atoms with van der Waals surface area (Å²) in [5.41, 5.74) is 1.15. The van der Waals surface area contributed by atoms with E-state index < -0.39 is 8.07 Å². The molecule has 0 saturated heterocycles. The van der Waals surface area contributed by atoms with Crippen LogP contribution in [0.2, 0.25) is 18.1 Å². The first-order valence-corrected chi connectivity index (χ1v) is 9.45. The van der Waals surface area contributed by atoms with E-state index in [-0.39, 0.29) is 5.82 Å². The van der Waals surface area contributed by atoms with Gasteiger partial charge in [-0.3, -0.25) is 0 Å². The van der Waals surface area contributed by atoms with Crippen molar-refractivity contribution in [2.24, 2.45) is 7.05 Å². The normalized spacial score (nSPS) is 12.3. The quantitative estimate of drug-likeness (QED) is 0.734. The number of halogens is 1. The number of aromatic nitrogens is 1. The second kappa shape index (κ2) is 4.88. The van der Waals surface area contributed by atoms with Gasteiger partial charge in [0.1, 0.15) is 13.9 Å². The number of nitrogens with zero attached hydrogens (tertiary/aromatic N) is 1. The maximum atomic E-state index is 13.3. The fourth-order valence-electron chi connectivity index (χ4n) is 3.12. The number of aryl methyl sites for hydroxylation is 1. The van der Waals surface area contributed by atoms with Crippen LogP contribution in [0.25, 0.3) is 10.9 Å². The predicted molar refractivity (Wildman–Crippen MR) is 79.7 cm³/mol. The van der Waals surface area contributed by atoms with E-state index in [4.69, 9.17) is 0 Å². The molecule has 0 N–H and O–H groups in total. The van der Waals surface area contributed by atoms with Crippen molar-refractivity contribution in [3.05, 3.63) is 30.1 Å². The molecule has 18 heavy (non-hydrogen) atoms. The van der Waals surface area contributed by atoms with Crippen LogP contribution in [-0.4, -0.2) is 12.6 Å². The van der Waals surface area contributed by atoms with E-state index in [0.717, 1.165) is 10.9 Å². The third-order valence-corrected chi connectivity index (χ3v) is 10.2. The summed E-state index contributed by atoms with van der Waals surface area (Å²) in [7, 11) is 0.725. The van der Waals surface area contributed by atoms with Crippen LogP contribution in [-0.2, 0) is 7.05 Å². The minimum absolute atomic E-state index is 0.142. The standard InChI is InChI=1S/C15H22FNSi/c1-5-18(6-2,7-3)15-11-12-10-13(16)8-9-14(12)17(15)4/h8-11H,5-7H2,1-4H3. The Bertz CT molecular complexity index is 547. The van der Waals surface area contributed by atoms with Crippen LogP contribution in [0, 0.1) is 5.82 Å². The molecule has 0 unspecified atom stereocenters. The average molecular weight is 263 g/mol. The van der Waals surface area contributed by atoms with Gasteiger partial charge in [0, 0.05) is 23.3 Å². The van der Waals surface area contributed by atoms with Crippen molar-refractivity contribution in [3.8, 4) is 0 Å². The molecule has 1 nitrogen and oxygen atoms in total. The van der Waals surface area contributed by atoms with Gasteiger partial charge in [0.25, 0.3) is 0 Å². The minimum atomic E-state index is -1.40.